The van der Waals surface area contributed by atoms with E-state index in [0.29, 0.717) is 12.8 Å². The van der Waals surface area contributed by atoms with Crippen LogP contribution in [0.5, 0.6) is 0 Å². The standard InChI is InChI=1S/C11H19F3Si/c1-15(2,3)8-9-4-6-10(7-5-9)11(12,13)14/h4,10H,5-8H2,1-3H3. The lowest BCUT2D eigenvalue weighted by Gasteiger charge is -2.26. The molecule has 1 aliphatic carbocycles. The Morgan fingerprint density at radius 3 is 2.27 bits per heavy atom. The van der Waals surface area contributed by atoms with Crippen LogP contribution in [-0.4, -0.2) is 14.3 Å². The van der Waals surface area contributed by atoms with Crippen LogP contribution in [-0.2, 0) is 0 Å². The molecule has 0 spiro atoms. The van der Waals surface area contributed by atoms with Gasteiger partial charge in [-0.2, -0.15) is 13.2 Å². The third-order valence-electron chi connectivity index (χ3n) is 2.73. The lowest BCUT2D eigenvalue weighted by atomic mass is 9.90. The molecule has 0 aliphatic heterocycles. The van der Waals surface area contributed by atoms with Gasteiger partial charge in [0.1, 0.15) is 0 Å². The molecule has 0 fully saturated rings. The number of hydrogen-bond donors (Lipinski definition) is 0. The van der Waals surface area contributed by atoms with Crippen molar-refractivity contribution in [2.75, 3.05) is 0 Å². The van der Waals surface area contributed by atoms with Crippen LogP contribution in [0.4, 0.5) is 13.2 Å². The summed E-state index contributed by atoms with van der Waals surface area (Å²) in [5.41, 5.74) is 1.26. The Kier molecular flexibility index (Phi) is 3.69. The van der Waals surface area contributed by atoms with Crippen LogP contribution in [0.2, 0.25) is 25.7 Å². The first kappa shape index (κ1) is 12.8. The molecule has 0 aromatic carbocycles. The van der Waals surface area contributed by atoms with E-state index in [4.69, 9.17) is 0 Å². The van der Waals surface area contributed by atoms with E-state index < -0.39 is 20.2 Å². The summed E-state index contributed by atoms with van der Waals surface area (Å²) in [6, 6.07) is 1.05. The molecule has 0 N–H and O–H groups in total. The van der Waals surface area contributed by atoms with Crippen LogP contribution in [0.1, 0.15) is 19.3 Å². The summed E-state index contributed by atoms with van der Waals surface area (Å²) in [7, 11) is -1.16. The Morgan fingerprint density at radius 1 is 1.33 bits per heavy atom. The second-order valence-corrected chi connectivity index (χ2v) is 11.1. The maximum absolute atomic E-state index is 12.4. The summed E-state index contributed by atoms with van der Waals surface area (Å²) in [6.07, 6.45) is -1.03. The van der Waals surface area contributed by atoms with Gasteiger partial charge in [0.2, 0.25) is 0 Å². The quantitative estimate of drug-likeness (QED) is 0.485. The van der Waals surface area contributed by atoms with Crippen molar-refractivity contribution in [3.63, 3.8) is 0 Å². The van der Waals surface area contributed by atoms with Crippen LogP contribution in [0.25, 0.3) is 0 Å². The molecule has 0 amide bonds. The SMILES string of the molecule is C[Si](C)(C)CC1=CCC(C(F)(F)F)CC1. The Balaban J connectivity index is 2.53. The fourth-order valence-electron chi connectivity index (χ4n) is 2.03. The molecule has 88 valence electrons. The van der Waals surface area contributed by atoms with Gasteiger partial charge in [-0.3, -0.25) is 0 Å². The van der Waals surface area contributed by atoms with E-state index in [2.05, 4.69) is 19.6 Å². The molecule has 0 radical (unpaired) electrons. The van der Waals surface area contributed by atoms with Crippen molar-refractivity contribution < 1.29 is 13.2 Å². The molecule has 4 heteroatoms. The minimum absolute atomic E-state index is 0.198. The predicted molar refractivity (Wildman–Crippen MR) is 59.6 cm³/mol. The molecule has 0 bridgehead atoms. The van der Waals surface area contributed by atoms with E-state index in [1.54, 1.807) is 0 Å². The molecular weight excluding hydrogens is 217 g/mol. The first-order valence-electron chi connectivity index (χ1n) is 5.43. The van der Waals surface area contributed by atoms with Crippen molar-refractivity contribution in [1.82, 2.24) is 0 Å². The van der Waals surface area contributed by atoms with E-state index in [-0.39, 0.29) is 6.42 Å². The number of allylic oxidation sites excluding steroid dienone is 2. The average molecular weight is 236 g/mol. The summed E-state index contributed by atoms with van der Waals surface area (Å²) in [6.45, 7) is 6.76. The molecule has 0 saturated carbocycles. The fourth-order valence-corrected chi connectivity index (χ4v) is 3.71. The highest BCUT2D eigenvalue weighted by Gasteiger charge is 2.39. The zero-order valence-corrected chi connectivity index (χ0v) is 10.6. The van der Waals surface area contributed by atoms with Gasteiger partial charge in [-0.05, 0) is 25.3 Å². The van der Waals surface area contributed by atoms with Gasteiger partial charge < -0.3 is 0 Å². The minimum Gasteiger partial charge on any atom is -0.171 e. The molecule has 15 heavy (non-hydrogen) atoms. The van der Waals surface area contributed by atoms with Crippen molar-refractivity contribution in [1.29, 1.82) is 0 Å². The smallest absolute Gasteiger partial charge is 0.171 e. The highest BCUT2D eigenvalue weighted by molar-refractivity contribution is 6.76. The van der Waals surface area contributed by atoms with Gasteiger partial charge in [0, 0.05) is 8.07 Å². The zero-order valence-electron chi connectivity index (χ0n) is 9.62. The summed E-state index contributed by atoms with van der Waals surface area (Å²) in [4.78, 5) is 0. The first-order valence-corrected chi connectivity index (χ1v) is 9.14. The van der Waals surface area contributed by atoms with Gasteiger partial charge in [0.15, 0.2) is 0 Å². The summed E-state index contributed by atoms with van der Waals surface area (Å²) in [5, 5.41) is 0. The van der Waals surface area contributed by atoms with Crippen molar-refractivity contribution in [2.24, 2.45) is 5.92 Å². The highest BCUT2D eigenvalue weighted by atomic mass is 28.3. The van der Waals surface area contributed by atoms with Crippen LogP contribution in [0.15, 0.2) is 11.6 Å². The van der Waals surface area contributed by atoms with Crippen molar-refractivity contribution in [2.45, 2.75) is 51.1 Å². The van der Waals surface area contributed by atoms with Crippen LogP contribution >= 0.6 is 0 Å². The first-order chi connectivity index (χ1) is 6.68. The molecule has 0 aromatic rings. The Bertz CT molecular complexity index is 248. The number of alkyl halides is 3. The van der Waals surface area contributed by atoms with Crippen LogP contribution < -0.4 is 0 Å². The van der Waals surface area contributed by atoms with Crippen molar-refractivity contribution in [3.05, 3.63) is 11.6 Å². The van der Waals surface area contributed by atoms with E-state index in [1.165, 1.54) is 5.57 Å². The van der Waals surface area contributed by atoms with Gasteiger partial charge in [-0.15, -0.1) is 0 Å². The zero-order chi connectivity index (χ0) is 11.7. The van der Waals surface area contributed by atoms with E-state index in [0.717, 1.165) is 6.04 Å². The topological polar surface area (TPSA) is 0 Å². The van der Waals surface area contributed by atoms with Crippen LogP contribution in [0, 0.1) is 5.92 Å². The van der Waals surface area contributed by atoms with Gasteiger partial charge in [0.05, 0.1) is 5.92 Å². The van der Waals surface area contributed by atoms with Gasteiger partial charge in [0.25, 0.3) is 0 Å². The predicted octanol–water partition coefficient (Wildman–Crippen LogP) is 4.61. The Morgan fingerprint density at radius 2 is 1.93 bits per heavy atom. The van der Waals surface area contributed by atoms with E-state index in [9.17, 15) is 13.2 Å². The molecule has 1 rings (SSSR count). The molecule has 0 saturated heterocycles. The van der Waals surface area contributed by atoms with E-state index >= 15 is 0 Å². The normalized spacial score (nSPS) is 23.9. The lowest BCUT2D eigenvalue weighted by Crippen LogP contribution is -2.26. The van der Waals surface area contributed by atoms with Gasteiger partial charge in [-0.1, -0.05) is 31.3 Å². The molecule has 1 unspecified atom stereocenters. The number of hydrogen-bond acceptors (Lipinski definition) is 0. The van der Waals surface area contributed by atoms with Crippen molar-refractivity contribution in [3.8, 4) is 0 Å². The monoisotopic (exact) mass is 236 g/mol. The molecule has 0 heterocycles. The third-order valence-corrected chi connectivity index (χ3v) is 4.24. The second kappa shape index (κ2) is 4.32. The number of rotatable bonds is 2. The van der Waals surface area contributed by atoms with E-state index in [1.807, 2.05) is 6.08 Å². The largest absolute Gasteiger partial charge is 0.392 e. The lowest BCUT2D eigenvalue weighted by molar-refractivity contribution is -0.176. The highest BCUT2D eigenvalue weighted by Crippen LogP contribution is 2.38. The fraction of sp³-hybridized carbons (Fsp3) is 0.818. The average Bonchev–Trinajstić information content (AvgIpc) is 2.00. The minimum atomic E-state index is -4.00. The summed E-state index contributed by atoms with van der Waals surface area (Å²) < 4.78 is 37.2. The van der Waals surface area contributed by atoms with Crippen molar-refractivity contribution >= 4 is 8.07 Å². The van der Waals surface area contributed by atoms with Crippen LogP contribution in [0.3, 0.4) is 0 Å². The third kappa shape index (κ3) is 4.41. The molecular formula is C11H19F3Si. The Labute approximate surface area is 90.6 Å². The van der Waals surface area contributed by atoms with Gasteiger partial charge in [-0.25, -0.2) is 0 Å². The van der Waals surface area contributed by atoms with Gasteiger partial charge >= 0.3 is 6.18 Å². The number of halogens is 3. The molecule has 0 nitrogen and oxygen atoms in total. The summed E-state index contributed by atoms with van der Waals surface area (Å²) >= 11 is 0. The second-order valence-electron chi connectivity index (χ2n) is 5.61. The maximum atomic E-state index is 12.4. The summed E-state index contributed by atoms with van der Waals surface area (Å²) in [5.74, 6) is -1.09. The maximum Gasteiger partial charge on any atom is 0.392 e. The molecule has 1 atom stereocenters. The molecule has 0 aromatic heterocycles. The molecule has 1 aliphatic rings. The Hall–Kier alpha value is -0.253.